The Morgan fingerprint density at radius 2 is 1.73 bits per heavy atom. The van der Waals surface area contributed by atoms with E-state index in [0.717, 1.165) is 18.0 Å². The van der Waals surface area contributed by atoms with Gasteiger partial charge in [0.1, 0.15) is 17.8 Å². The lowest BCUT2D eigenvalue weighted by molar-refractivity contribution is -0.141. The van der Waals surface area contributed by atoms with Gasteiger partial charge in [0.2, 0.25) is 0 Å². The Kier molecular flexibility index (Phi) is 5.47. The monoisotopic (exact) mass is 416 g/mol. The Bertz CT molecular complexity index is 1060. The lowest BCUT2D eigenvalue weighted by Gasteiger charge is -2.30. The zero-order valence-corrected chi connectivity index (χ0v) is 15.9. The second-order valence-corrected chi connectivity index (χ2v) is 7.17. The molecule has 3 heterocycles. The van der Waals surface area contributed by atoms with Crippen molar-refractivity contribution in [2.75, 3.05) is 5.32 Å². The van der Waals surface area contributed by atoms with Gasteiger partial charge in [0.25, 0.3) is 5.56 Å². The topological polar surface area (TPSA) is 85.6 Å². The maximum absolute atomic E-state index is 12.8. The van der Waals surface area contributed by atoms with E-state index in [1.165, 1.54) is 10.7 Å². The first kappa shape index (κ1) is 20.0. The molecule has 30 heavy (non-hydrogen) atoms. The van der Waals surface area contributed by atoms with Crippen LogP contribution in [0.5, 0.6) is 0 Å². The Morgan fingerprint density at radius 1 is 1.00 bits per heavy atom. The van der Waals surface area contributed by atoms with Crippen molar-refractivity contribution in [1.29, 1.82) is 0 Å². The van der Waals surface area contributed by atoms with E-state index in [2.05, 4.69) is 25.4 Å². The number of anilines is 1. The number of rotatable bonds is 4. The molecule has 0 aromatic carbocycles. The molecule has 0 atom stereocenters. The molecule has 0 spiro atoms. The molecule has 4 rings (SSSR count). The number of pyridine rings is 1. The van der Waals surface area contributed by atoms with Crippen LogP contribution >= 0.6 is 0 Å². The fourth-order valence-electron chi connectivity index (χ4n) is 3.63. The van der Waals surface area contributed by atoms with E-state index in [1.807, 2.05) is 12.1 Å². The van der Waals surface area contributed by atoms with Gasteiger partial charge < -0.3 is 5.32 Å². The highest BCUT2D eigenvalue weighted by Crippen LogP contribution is 2.31. The van der Waals surface area contributed by atoms with E-state index in [0.29, 0.717) is 31.4 Å². The van der Waals surface area contributed by atoms with E-state index >= 15 is 0 Å². The predicted molar refractivity (Wildman–Crippen MR) is 104 cm³/mol. The first-order chi connectivity index (χ1) is 14.4. The third-order valence-corrected chi connectivity index (χ3v) is 5.15. The fraction of sp³-hybridized carbons (Fsp3) is 0.350. The normalized spacial score (nSPS) is 19.4. The molecule has 1 fully saturated rings. The SMILES string of the molecule is O=c1ccc(-c2ccncc2)nn1C1CCC(Nc2cc(C(F)(F)F)ncn2)CC1. The molecule has 0 bridgehead atoms. The highest BCUT2D eigenvalue weighted by Gasteiger charge is 2.33. The van der Waals surface area contributed by atoms with Gasteiger partial charge in [0.05, 0.1) is 11.7 Å². The van der Waals surface area contributed by atoms with Crippen LogP contribution in [0.15, 0.2) is 53.8 Å². The molecule has 0 aliphatic heterocycles. The number of aromatic nitrogens is 5. The van der Waals surface area contributed by atoms with Gasteiger partial charge in [-0.25, -0.2) is 14.6 Å². The van der Waals surface area contributed by atoms with E-state index in [1.54, 1.807) is 18.5 Å². The lowest BCUT2D eigenvalue weighted by Crippen LogP contribution is -2.33. The smallest absolute Gasteiger partial charge is 0.367 e. The summed E-state index contributed by atoms with van der Waals surface area (Å²) in [5, 5.41) is 7.58. The van der Waals surface area contributed by atoms with Gasteiger partial charge >= 0.3 is 6.18 Å². The lowest BCUT2D eigenvalue weighted by atomic mass is 9.91. The van der Waals surface area contributed by atoms with Crippen LogP contribution in [-0.4, -0.2) is 30.8 Å². The molecule has 0 radical (unpaired) electrons. The molecule has 1 N–H and O–H groups in total. The van der Waals surface area contributed by atoms with Crippen LogP contribution in [0.3, 0.4) is 0 Å². The molecular formula is C20H19F3N6O. The second-order valence-electron chi connectivity index (χ2n) is 7.17. The maximum atomic E-state index is 12.8. The summed E-state index contributed by atoms with van der Waals surface area (Å²) in [6.07, 6.45) is 2.46. The van der Waals surface area contributed by atoms with Crippen LogP contribution in [0.1, 0.15) is 37.4 Å². The van der Waals surface area contributed by atoms with Gasteiger partial charge in [0, 0.05) is 36.1 Å². The molecular weight excluding hydrogens is 397 g/mol. The quantitative estimate of drug-likeness (QED) is 0.698. The minimum atomic E-state index is -4.51. The molecule has 1 aliphatic rings. The number of nitrogens with one attached hydrogen (secondary N) is 1. The Hall–Kier alpha value is -3.30. The molecule has 10 heteroatoms. The minimum absolute atomic E-state index is 0.0312. The van der Waals surface area contributed by atoms with Crippen LogP contribution in [0.2, 0.25) is 0 Å². The Morgan fingerprint density at radius 3 is 2.43 bits per heavy atom. The number of nitrogens with zero attached hydrogens (tertiary/aromatic N) is 5. The number of alkyl halides is 3. The highest BCUT2D eigenvalue weighted by atomic mass is 19.4. The summed E-state index contributed by atoms with van der Waals surface area (Å²) in [5.74, 6) is 0.149. The molecule has 0 amide bonds. The van der Waals surface area contributed by atoms with Crippen LogP contribution in [0, 0.1) is 0 Å². The van der Waals surface area contributed by atoms with Gasteiger partial charge in [-0.2, -0.15) is 18.3 Å². The maximum Gasteiger partial charge on any atom is 0.433 e. The van der Waals surface area contributed by atoms with Gasteiger partial charge in [0.15, 0.2) is 0 Å². The molecule has 3 aromatic heterocycles. The van der Waals surface area contributed by atoms with E-state index in [9.17, 15) is 18.0 Å². The standard InChI is InChI=1S/C20H19F3N6O/c21-20(22,23)17-11-18(26-12-25-17)27-14-1-3-15(4-2-14)29-19(30)6-5-16(28-29)13-7-9-24-10-8-13/h5-12,14-15H,1-4H2,(H,25,26,27). The average molecular weight is 416 g/mol. The van der Waals surface area contributed by atoms with Crippen molar-refractivity contribution in [3.05, 3.63) is 65.1 Å². The van der Waals surface area contributed by atoms with Crippen molar-refractivity contribution in [3.63, 3.8) is 0 Å². The van der Waals surface area contributed by atoms with E-state index < -0.39 is 11.9 Å². The van der Waals surface area contributed by atoms with Gasteiger partial charge in [-0.1, -0.05) is 0 Å². The summed E-state index contributed by atoms with van der Waals surface area (Å²) in [6, 6.07) is 7.67. The zero-order valence-electron chi connectivity index (χ0n) is 15.9. The summed E-state index contributed by atoms with van der Waals surface area (Å²) in [7, 11) is 0. The molecule has 0 saturated heterocycles. The summed E-state index contributed by atoms with van der Waals surface area (Å²) >= 11 is 0. The highest BCUT2D eigenvalue weighted by molar-refractivity contribution is 5.57. The van der Waals surface area contributed by atoms with Gasteiger partial charge in [-0.3, -0.25) is 9.78 Å². The molecule has 1 saturated carbocycles. The van der Waals surface area contributed by atoms with Crippen molar-refractivity contribution in [2.24, 2.45) is 0 Å². The van der Waals surface area contributed by atoms with Gasteiger partial charge in [-0.15, -0.1) is 0 Å². The van der Waals surface area contributed by atoms with Crippen LogP contribution < -0.4 is 10.9 Å². The minimum Gasteiger partial charge on any atom is -0.367 e. The predicted octanol–water partition coefficient (Wildman–Crippen LogP) is 3.71. The van der Waals surface area contributed by atoms with Crippen molar-refractivity contribution < 1.29 is 13.2 Å². The van der Waals surface area contributed by atoms with Crippen LogP contribution in [0.25, 0.3) is 11.3 Å². The molecule has 0 unspecified atom stereocenters. The first-order valence-electron chi connectivity index (χ1n) is 9.56. The first-order valence-corrected chi connectivity index (χ1v) is 9.56. The van der Waals surface area contributed by atoms with Crippen molar-refractivity contribution in [1.82, 2.24) is 24.7 Å². The summed E-state index contributed by atoms with van der Waals surface area (Å²) in [6.45, 7) is 0. The zero-order chi connectivity index (χ0) is 21.1. The second kappa shape index (κ2) is 8.21. The van der Waals surface area contributed by atoms with Crippen LogP contribution in [0.4, 0.5) is 19.0 Å². The van der Waals surface area contributed by atoms with Crippen molar-refractivity contribution in [3.8, 4) is 11.3 Å². The molecule has 3 aromatic rings. The van der Waals surface area contributed by atoms with Crippen molar-refractivity contribution >= 4 is 5.82 Å². The summed E-state index contributed by atoms with van der Waals surface area (Å²) in [5.41, 5.74) is 0.420. The van der Waals surface area contributed by atoms with Crippen LogP contribution in [-0.2, 0) is 6.18 Å². The van der Waals surface area contributed by atoms with Crippen molar-refractivity contribution in [2.45, 2.75) is 43.9 Å². The number of halogens is 3. The van der Waals surface area contributed by atoms with E-state index in [-0.39, 0.29) is 23.5 Å². The molecule has 7 nitrogen and oxygen atoms in total. The third kappa shape index (κ3) is 4.47. The molecule has 156 valence electrons. The number of hydrogen-bond donors (Lipinski definition) is 1. The molecule has 1 aliphatic carbocycles. The summed E-state index contributed by atoms with van der Waals surface area (Å²) < 4.78 is 40.0. The Labute approximate surface area is 170 Å². The summed E-state index contributed by atoms with van der Waals surface area (Å²) in [4.78, 5) is 23.5. The fourth-order valence-corrected chi connectivity index (χ4v) is 3.63. The van der Waals surface area contributed by atoms with Gasteiger partial charge in [-0.05, 0) is 43.9 Å². The Balaban J connectivity index is 1.43. The average Bonchev–Trinajstić information content (AvgIpc) is 2.75. The third-order valence-electron chi connectivity index (χ3n) is 5.15. The number of hydrogen-bond acceptors (Lipinski definition) is 6. The largest absolute Gasteiger partial charge is 0.433 e. The van der Waals surface area contributed by atoms with E-state index in [4.69, 9.17) is 0 Å².